The molecule has 0 unspecified atom stereocenters. The molecule has 4 nitrogen and oxygen atoms in total. The Kier molecular flexibility index (Phi) is 5.50. The first-order valence-corrected chi connectivity index (χ1v) is 9.08. The second-order valence-corrected chi connectivity index (χ2v) is 7.19. The van der Waals surface area contributed by atoms with Crippen LogP contribution >= 0.6 is 23.1 Å². The maximum atomic E-state index is 5.66. The van der Waals surface area contributed by atoms with Gasteiger partial charge in [-0.05, 0) is 31.2 Å². The van der Waals surface area contributed by atoms with E-state index in [0.29, 0.717) is 6.61 Å². The molecule has 1 aromatic heterocycles. The lowest BCUT2D eigenvalue weighted by Crippen LogP contribution is -1.99. The summed E-state index contributed by atoms with van der Waals surface area (Å²) >= 11 is 3.21. The number of aromatic nitrogens is 2. The molecule has 0 spiro atoms. The minimum absolute atomic E-state index is 0.648. The molecule has 2 aromatic carbocycles. The predicted octanol–water partition coefficient (Wildman–Crippen LogP) is 4.76. The SMILES string of the molecule is Cc1ccc(Nc2nnc(SCCOc3ccccc3)s2)cc1. The molecule has 0 fully saturated rings. The Bertz CT molecular complexity index is 729. The molecule has 1 heterocycles. The third kappa shape index (κ3) is 4.97. The van der Waals surface area contributed by atoms with E-state index in [0.717, 1.165) is 26.7 Å². The van der Waals surface area contributed by atoms with Crippen LogP contribution in [-0.4, -0.2) is 22.6 Å². The fraction of sp³-hybridized carbons (Fsp3) is 0.176. The lowest BCUT2D eigenvalue weighted by Gasteiger charge is -2.03. The number of nitrogens with one attached hydrogen (secondary N) is 1. The summed E-state index contributed by atoms with van der Waals surface area (Å²) < 4.78 is 6.60. The molecule has 1 N–H and O–H groups in total. The third-order valence-electron chi connectivity index (χ3n) is 3.03. The number of ether oxygens (including phenoxy) is 1. The smallest absolute Gasteiger partial charge is 0.210 e. The molecule has 0 saturated carbocycles. The molecule has 23 heavy (non-hydrogen) atoms. The summed E-state index contributed by atoms with van der Waals surface area (Å²) in [5.41, 5.74) is 2.26. The lowest BCUT2D eigenvalue weighted by atomic mass is 10.2. The van der Waals surface area contributed by atoms with Crippen molar-refractivity contribution in [1.82, 2.24) is 10.2 Å². The van der Waals surface area contributed by atoms with Gasteiger partial charge in [0.1, 0.15) is 5.75 Å². The van der Waals surface area contributed by atoms with E-state index in [4.69, 9.17) is 4.74 Å². The summed E-state index contributed by atoms with van der Waals surface area (Å²) in [5, 5.41) is 12.4. The predicted molar refractivity (Wildman–Crippen MR) is 97.0 cm³/mol. The molecule has 6 heteroatoms. The van der Waals surface area contributed by atoms with Crippen molar-refractivity contribution in [2.75, 3.05) is 17.7 Å². The normalized spacial score (nSPS) is 10.5. The van der Waals surface area contributed by atoms with Crippen LogP contribution in [0.25, 0.3) is 0 Å². The maximum absolute atomic E-state index is 5.66. The zero-order valence-corrected chi connectivity index (χ0v) is 14.4. The van der Waals surface area contributed by atoms with Crippen LogP contribution in [0.5, 0.6) is 5.75 Å². The van der Waals surface area contributed by atoms with Crippen molar-refractivity contribution in [3.05, 3.63) is 60.2 Å². The van der Waals surface area contributed by atoms with Crippen LogP contribution in [0.3, 0.4) is 0 Å². The number of benzene rings is 2. The van der Waals surface area contributed by atoms with Gasteiger partial charge in [0.25, 0.3) is 0 Å². The van der Waals surface area contributed by atoms with Gasteiger partial charge in [-0.15, -0.1) is 10.2 Å². The summed E-state index contributed by atoms with van der Waals surface area (Å²) in [6.45, 7) is 2.72. The minimum atomic E-state index is 0.648. The standard InChI is InChI=1S/C17H17N3OS2/c1-13-7-9-14(10-8-13)18-16-19-20-17(23-16)22-12-11-21-15-5-3-2-4-6-15/h2-10H,11-12H2,1H3,(H,18,19). The van der Waals surface area contributed by atoms with E-state index < -0.39 is 0 Å². The summed E-state index contributed by atoms with van der Waals surface area (Å²) in [7, 11) is 0. The quantitative estimate of drug-likeness (QED) is 0.495. The topological polar surface area (TPSA) is 47.0 Å². The van der Waals surface area contributed by atoms with E-state index >= 15 is 0 Å². The first-order chi connectivity index (χ1) is 11.3. The highest BCUT2D eigenvalue weighted by molar-refractivity contribution is 8.01. The number of thioether (sulfide) groups is 1. The second-order valence-electron chi connectivity index (χ2n) is 4.87. The fourth-order valence-corrected chi connectivity index (χ4v) is 3.54. The van der Waals surface area contributed by atoms with Crippen LogP contribution in [0.4, 0.5) is 10.8 Å². The van der Waals surface area contributed by atoms with Crippen molar-refractivity contribution in [1.29, 1.82) is 0 Å². The molecule has 0 bridgehead atoms. The Morgan fingerprint density at radius 3 is 2.61 bits per heavy atom. The molecule has 0 aliphatic rings. The van der Waals surface area contributed by atoms with Crippen LogP contribution in [0.2, 0.25) is 0 Å². The van der Waals surface area contributed by atoms with Crippen molar-refractivity contribution in [2.24, 2.45) is 0 Å². The average molecular weight is 343 g/mol. The number of nitrogens with zero attached hydrogens (tertiary/aromatic N) is 2. The summed E-state index contributed by atoms with van der Waals surface area (Å²) in [5.74, 6) is 1.74. The first kappa shape index (κ1) is 15.8. The molecule has 0 saturated heterocycles. The Balaban J connectivity index is 1.45. The van der Waals surface area contributed by atoms with Gasteiger partial charge in [-0.2, -0.15) is 0 Å². The van der Waals surface area contributed by atoms with Crippen LogP contribution in [0.1, 0.15) is 5.56 Å². The highest BCUT2D eigenvalue weighted by Crippen LogP contribution is 2.27. The van der Waals surface area contributed by atoms with Crippen molar-refractivity contribution in [3.63, 3.8) is 0 Å². The average Bonchev–Trinajstić information content (AvgIpc) is 3.02. The van der Waals surface area contributed by atoms with Gasteiger partial charge in [0.15, 0.2) is 4.34 Å². The fourth-order valence-electron chi connectivity index (χ4n) is 1.88. The van der Waals surface area contributed by atoms with E-state index in [1.807, 2.05) is 42.5 Å². The van der Waals surface area contributed by atoms with Gasteiger partial charge < -0.3 is 10.1 Å². The minimum Gasteiger partial charge on any atom is -0.493 e. The van der Waals surface area contributed by atoms with Gasteiger partial charge in [-0.1, -0.05) is 59.0 Å². The van der Waals surface area contributed by atoms with Crippen molar-refractivity contribution >= 4 is 33.9 Å². The highest BCUT2D eigenvalue weighted by Gasteiger charge is 2.05. The summed E-state index contributed by atoms with van der Waals surface area (Å²) in [6, 6.07) is 18.0. The Labute approximate surface area is 143 Å². The Hall–Kier alpha value is -2.05. The molecule has 0 aliphatic carbocycles. The second kappa shape index (κ2) is 7.99. The number of hydrogen-bond acceptors (Lipinski definition) is 6. The molecule has 3 aromatic rings. The highest BCUT2D eigenvalue weighted by atomic mass is 32.2. The number of anilines is 2. The summed E-state index contributed by atoms with van der Waals surface area (Å²) in [4.78, 5) is 0. The zero-order valence-electron chi connectivity index (χ0n) is 12.7. The molecule has 0 radical (unpaired) electrons. The first-order valence-electron chi connectivity index (χ1n) is 7.27. The van der Waals surface area contributed by atoms with Crippen LogP contribution in [0.15, 0.2) is 58.9 Å². The molecule has 0 aliphatic heterocycles. The number of rotatable bonds is 7. The van der Waals surface area contributed by atoms with E-state index in [9.17, 15) is 0 Å². The van der Waals surface area contributed by atoms with Gasteiger partial charge in [0.05, 0.1) is 6.61 Å². The molecule has 3 rings (SSSR count). The zero-order chi connectivity index (χ0) is 15.9. The van der Waals surface area contributed by atoms with Crippen LogP contribution in [0, 0.1) is 6.92 Å². The Morgan fingerprint density at radius 2 is 1.83 bits per heavy atom. The number of aryl methyl sites for hydroxylation is 1. The molecule has 118 valence electrons. The van der Waals surface area contributed by atoms with Gasteiger partial charge in [-0.25, -0.2) is 0 Å². The van der Waals surface area contributed by atoms with Crippen molar-refractivity contribution in [3.8, 4) is 5.75 Å². The molecule has 0 amide bonds. The van der Waals surface area contributed by atoms with Gasteiger partial charge in [-0.3, -0.25) is 0 Å². The van der Waals surface area contributed by atoms with Crippen LogP contribution in [-0.2, 0) is 0 Å². The van der Waals surface area contributed by atoms with E-state index in [-0.39, 0.29) is 0 Å². The van der Waals surface area contributed by atoms with Crippen LogP contribution < -0.4 is 10.1 Å². The van der Waals surface area contributed by atoms with Crippen molar-refractivity contribution in [2.45, 2.75) is 11.3 Å². The van der Waals surface area contributed by atoms with Gasteiger partial charge >= 0.3 is 0 Å². The molecule has 0 atom stereocenters. The van der Waals surface area contributed by atoms with Gasteiger partial charge in [0, 0.05) is 11.4 Å². The monoisotopic (exact) mass is 343 g/mol. The number of hydrogen-bond donors (Lipinski definition) is 1. The molecular weight excluding hydrogens is 326 g/mol. The summed E-state index contributed by atoms with van der Waals surface area (Å²) in [6.07, 6.45) is 0. The third-order valence-corrected chi connectivity index (χ3v) is 4.97. The van der Waals surface area contributed by atoms with E-state index in [1.165, 1.54) is 5.56 Å². The lowest BCUT2D eigenvalue weighted by molar-refractivity contribution is 0.344. The molecular formula is C17H17N3OS2. The maximum Gasteiger partial charge on any atom is 0.210 e. The number of para-hydroxylation sites is 1. The van der Waals surface area contributed by atoms with Crippen molar-refractivity contribution < 1.29 is 4.74 Å². The Morgan fingerprint density at radius 1 is 1.04 bits per heavy atom. The van der Waals surface area contributed by atoms with E-state index in [1.54, 1.807) is 23.1 Å². The van der Waals surface area contributed by atoms with Gasteiger partial charge in [0.2, 0.25) is 5.13 Å². The largest absolute Gasteiger partial charge is 0.493 e. The van der Waals surface area contributed by atoms with E-state index in [2.05, 4.69) is 34.6 Å².